The number of carbonyl (C=O) groups is 2. The number of hydrogen-bond acceptors (Lipinski definition) is 5. The highest BCUT2D eigenvalue weighted by molar-refractivity contribution is 5.96. The molecule has 0 atom stereocenters. The summed E-state index contributed by atoms with van der Waals surface area (Å²) in [6.45, 7) is 5.81. The third-order valence-electron chi connectivity index (χ3n) is 4.44. The van der Waals surface area contributed by atoms with E-state index in [2.05, 4.69) is 10.3 Å². The molecule has 1 aromatic rings. The quantitative estimate of drug-likeness (QED) is 0.806. The second-order valence-electron chi connectivity index (χ2n) is 8.03. The lowest BCUT2D eigenvalue weighted by Gasteiger charge is -2.28. The van der Waals surface area contributed by atoms with Gasteiger partial charge >= 0.3 is 6.09 Å². The van der Waals surface area contributed by atoms with Crippen LogP contribution >= 0.6 is 0 Å². The van der Waals surface area contributed by atoms with Gasteiger partial charge in [-0.3, -0.25) is 4.79 Å². The molecule has 7 nitrogen and oxygen atoms in total. The standard InChI is InChI=1S/C20H26FN3O4/c1-20(2,3)28-19(26)22-11-13(10-21)12-27-17-7-6-15-16(23-17)8-9-24(18(15)25)14-4-5-14/h6-7,10,14H,4-5,8-9,11-12H2,1-3H3,(H,22,26)/b13-10+. The molecule has 1 aliphatic carbocycles. The van der Waals surface area contributed by atoms with Crippen molar-refractivity contribution >= 4 is 12.0 Å². The topological polar surface area (TPSA) is 80.8 Å². The Hall–Kier alpha value is -2.64. The number of halogens is 1. The van der Waals surface area contributed by atoms with E-state index in [4.69, 9.17) is 9.47 Å². The van der Waals surface area contributed by atoms with Crippen molar-refractivity contribution in [1.82, 2.24) is 15.2 Å². The van der Waals surface area contributed by atoms with Gasteiger partial charge in [0.1, 0.15) is 12.2 Å². The molecule has 1 saturated carbocycles. The van der Waals surface area contributed by atoms with Crippen LogP contribution in [0.5, 0.6) is 5.88 Å². The fourth-order valence-corrected chi connectivity index (χ4v) is 2.95. The van der Waals surface area contributed by atoms with Crippen LogP contribution in [0.3, 0.4) is 0 Å². The van der Waals surface area contributed by atoms with Gasteiger partial charge in [-0.15, -0.1) is 0 Å². The lowest BCUT2D eigenvalue weighted by Crippen LogP contribution is -2.39. The smallest absolute Gasteiger partial charge is 0.407 e. The van der Waals surface area contributed by atoms with Crippen LogP contribution in [0.15, 0.2) is 24.0 Å². The van der Waals surface area contributed by atoms with Crippen LogP contribution < -0.4 is 10.1 Å². The highest BCUT2D eigenvalue weighted by Crippen LogP contribution is 2.31. The maximum Gasteiger partial charge on any atom is 0.407 e. The minimum atomic E-state index is -0.627. The van der Waals surface area contributed by atoms with Gasteiger partial charge in [-0.05, 0) is 39.7 Å². The van der Waals surface area contributed by atoms with Gasteiger partial charge in [0.2, 0.25) is 5.88 Å². The average molecular weight is 391 g/mol. The van der Waals surface area contributed by atoms with Gasteiger partial charge < -0.3 is 19.7 Å². The Bertz CT molecular complexity index is 784. The minimum Gasteiger partial charge on any atom is -0.473 e. The van der Waals surface area contributed by atoms with Gasteiger partial charge in [-0.25, -0.2) is 14.2 Å². The summed E-state index contributed by atoms with van der Waals surface area (Å²) in [4.78, 5) is 30.5. The predicted molar refractivity (Wildman–Crippen MR) is 101 cm³/mol. The van der Waals surface area contributed by atoms with E-state index >= 15 is 0 Å². The highest BCUT2D eigenvalue weighted by Gasteiger charge is 2.36. The van der Waals surface area contributed by atoms with E-state index in [9.17, 15) is 14.0 Å². The van der Waals surface area contributed by atoms with E-state index in [-0.39, 0.29) is 24.6 Å². The number of hydrogen-bond donors (Lipinski definition) is 1. The molecule has 2 heterocycles. The first-order valence-electron chi connectivity index (χ1n) is 9.45. The molecular formula is C20H26FN3O4. The van der Waals surface area contributed by atoms with Crippen molar-refractivity contribution in [2.24, 2.45) is 0 Å². The van der Waals surface area contributed by atoms with Gasteiger partial charge in [-0.2, -0.15) is 0 Å². The molecule has 0 spiro atoms. The fourth-order valence-electron chi connectivity index (χ4n) is 2.95. The normalized spacial score (nSPS) is 17.2. The van der Waals surface area contributed by atoms with Crippen LogP contribution in [-0.4, -0.2) is 53.2 Å². The van der Waals surface area contributed by atoms with Gasteiger partial charge in [0, 0.05) is 37.2 Å². The summed E-state index contributed by atoms with van der Waals surface area (Å²) in [5, 5.41) is 2.48. The van der Waals surface area contributed by atoms with Crippen molar-refractivity contribution in [3.05, 3.63) is 35.3 Å². The monoisotopic (exact) mass is 391 g/mol. The van der Waals surface area contributed by atoms with Crippen LogP contribution in [-0.2, 0) is 11.2 Å². The Kier molecular flexibility index (Phi) is 5.86. The number of aromatic nitrogens is 1. The molecule has 0 unspecified atom stereocenters. The number of amides is 2. The van der Waals surface area contributed by atoms with Crippen molar-refractivity contribution in [2.75, 3.05) is 19.7 Å². The number of carbonyl (C=O) groups excluding carboxylic acids is 2. The minimum absolute atomic E-state index is 0.0219. The molecule has 0 radical (unpaired) electrons. The molecule has 3 rings (SSSR count). The summed E-state index contributed by atoms with van der Waals surface area (Å²) in [6.07, 6.45) is 2.60. The lowest BCUT2D eigenvalue weighted by atomic mass is 10.0. The SMILES string of the molecule is CC(C)(C)OC(=O)NC/C(=C\F)COc1ccc2c(n1)CCN(C1CC1)C2=O. The first-order chi connectivity index (χ1) is 13.3. The third-order valence-corrected chi connectivity index (χ3v) is 4.44. The molecule has 152 valence electrons. The summed E-state index contributed by atoms with van der Waals surface area (Å²) in [6, 6.07) is 3.71. The van der Waals surface area contributed by atoms with Gasteiger partial charge in [0.25, 0.3) is 5.91 Å². The highest BCUT2D eigenvalue weighted by atomic mass is 19.1. The van der Waals surface area contributed by atoms with Crippen LogP contribution in [0.4, 0.5) is 9.18 Å². The zero-order valence-corrected chi connectivity index (χ0v) is 16.5. The molecule has 0 saturated heterocycles. The predicted octanol–water partition coefficient (Wildman–Crippen LogP) is 3.00. The fraction of sp³-hybridized carbons (Fsp3) is 0.550. The first-order valence-corrected chi connectivity index (χ1v) is 9.45. The number of rotatable bonds is 6. The Morgan fingerprint density at radius 3 is 2.79 bits per heavy atom. The van der Waals surface area contributed by atoms with Crippen LogP contribution in [0.25, 0.3) is 0 Å². The van der Waals surface area contributed by atoms with Gasteiger partial charge in [0.05, 0.1) is 17.6 Å². The molecule has 0 bridgehead atoms. The second kappa shape index (κ2) is 8.16. The number of alkyl carbamates (subject to hydrolysis) is 1. The molecule has 28 heavy (non-hydrogen) atoms. The Labute approximate surface area is 163 Å². The van der Waals surface area contributed by atoms with Gasteiger partial charge in [-0.1, -0.05) is 0 Å². The Morgan fingerprint density at radius 1 is 1.39 bits per heavy atom. The number of nitrogens with zero attached hydrogens (tertiary/aromatic N) is 2. The molecule has 0 aromatic carbocycles. The van der Waals surface area contributed by atoms with E-state index < -0.39 is 11.7 Å². The van der Waals surface area contributed by atoms with Crippen LogP contribution in [0.1, 0.15) is 49.7 Å². The van der Waals surface area contributed by atoms with Crippen LogP contribution in [0, 0.1) is 0 Å². The second-order valence-corrected chi connectivity index (χ2v) is 8.03. The zero-order valence-electron chi connectivity index (χ0n) is 16.5. The molecule has 2 aliphatic rings. The zero-order chi connectivity index (χ0) is 20.3. The summed E-state index contributed by atoms with van der Waals surface area (Å²) < 4.78 is 23.7. The molecule has 1 aromatic heterocycles. The van der Waals surface area contributed by atoms with Gasteiger partial charge in [0.15, 0.2) is 0 Å². The summed E-state index contributed by atoms with van der Waals surface area (Å²) in [7, 11) is 0. The lowest BCUT2D eigenvalue weighted by molar-refractivity contribution is 0.0531. The average Bonchev–Trinajstić information content (AvgIpc) is 3.45. The van der Waals surface area contributed by atoms with E-state index in [0.717, 1.165) is 12.8 Å². The maximum atomic E-state index is 13.1. The van der Waals surface area contributed by atoms with E-state index in [1.54, 1.807) is 32.9 Å². The van der Waals surface area contributed by atoms with Crippen molar-refractivity contribution in [3.63, 3.8) is 0 Å². The van der Waals surface area contributed by atoms with Crippen molar-refractivity contribution < 1.29 is 23.5 Å². The summed E-state index contributed by atoms with van der Waals surface area (Å²) in [5.41, 5.74) is 0.927. The number of nitrogens with one attached hydrogen (secondary N) is 1. The van der Waals surface area contributed by atoms with E-state index in [1.807, 2.05) is 4.90 Å². The summed E-state index contributed by atoms with van der Waals surface area (Å²) in [5.74, 6) is 0.344. The third kappa shape index (κ3) is 5.21. The maximum absolute atomic E-state index is 13.1. The molecule has 1 aliphatic heterocycles. The Morgan fingerprint density at radius 2 is 2.14 bits per heavy atom. The molecular weight excluding hydrogens is 365 g/mol. The number of pyridine rings is 1. The first kappa shape index (κ1) is 20.1. The van der Waals surface area contributed by atoms with E-state index in [0.29, 0.717) is 42.5 Å². The molecule has 1 fully saturated rings. The van der Waals surface area contributed by atoms with Crippen LogP contribution in [0.2, 0.25) is 0 Å². The number of fused-ring (bicyclic) bond motifs is 1. The largest absolute Gasteiger partial charge is 0.473 e. The Balaban J connectivity index is 1.53. The molecule has 1 N–H and O–H groups in total. The van der Waals surface area contributed by atoms with E-state index in [1.165, 1.54) is 0 Å². The van der Waals surface area contributed by atoms with Crippen molar-refractivity contribution in [1.29, 1.82) is 0 Å². The van der Waals surface area contributed by atoms with Crippen molar-refractivity contribution in [3.8, 4) is 5.88 Å². The molecule has 2 amide bonds. The van der Waals surface area contributed by atoms with Crippen molar-refractivity contribution in [2.45, 2.75) is 51.7 Å². The molecule has 8 heteroatoms. The number of ether oxygens (including phenoxy) is 2. The summed E-state index contributed by atoms with van der Waals surface area (Å²) >= 11 is 0.